The van der Waals surface area contributed by atoms with Crippen LogP contribution in [0.2, 0.25) is 0 Å². The molecule has 0 aromatic carbocycles. The van der Waals surface area contributed by atoms with E-state index in [1.165, 1.54) is 12.8 Å². The lowest BCUT2D eigenvalue weighted by Gasteiger charge is -2.38. The zero-order chi connectivity index (χ0) is 10.1. The molecule has 1 heterocycles. The second-order valence-corrected chi connectivity index (χ2v) is 5.76. The lowest BCUT2D eigenvalue weighted by atomic mass is 9.76. The summed E-state index contributed by atoms with van der Waals surface area (Å²) in [5, 5.41) is 0. The van der Waals surface area contributed by atoms with Gasteiger partial charge in [0.05, 0.1) is 12.7 Å². The van der Waals surface area contributed by atoms with Crippen LogP contribution in [0.4, 0.5) is 0 Å². The quantitative estimate of drug-likeness (QED) is 0.606. The van der Waals surface area contributed by atoms with Crippen LogP contribution in [0.1, 0.15) is 47.5 Å². The van der Waals surface area contributed by atoms with Crippen molar-refractivity contribution in [3.63, 3.8) is 0 Å². The van der Waals surface area contributed by atoms with Crippen LogP contribution in [0.5, 0.6) is 0 Å². The molecule has 0 saturated carbocycles. The third-order valence-corrected chi connectivity index (χ3v) is 3.28. The van der Waals surface area contributed by atoms with Crippen molar-refractivity contribution in [3.8, 4) is 0 Å². The van der Waals surface area contributed by atoms with Gasteiger partial charge < -0.3 is 4.74 Å². The van der Waals surface area contributed by atoms with Gasteiger partial charge in [-0.2, -0.15) is 0 Å². The molecule has 0 spiro atoms. The highest BCUT2D eigenvalue weighted by atomic mass is 16.5. The van der Waals surface area contributed by atoms with Gasteiger partial charge in [0, 0.05) is 0 Å². The molecule has 2 unspecified atom stereocenters. The van der Waals surface area contributed by atoms with Crippen LogP contribution < -0.4 is 0 Å². The van der Waals surface area contributed by atoms with Gasteiger partial charge >= 0.3 is 0 Å². The van der Waals surface area contributed by atoms with Gasteiger partial charge in [0.25, 0.3) is 0 Å². The van der Waals surface area contributed by atoms with E-state index in [-0.39, 0.29) is 0 Å². The minimum Gasteiger partial charge on any atom is -0.378 e. The molecule has 1 aliphatic heterocycles. The minimum atomic E-state index is 0.419. The van der Waals surface area contributed by atoms with Crippen LogP contribution in [0.3, 0.4) is 0 Å². The van der Waals surface area contributed by atoms with E-state index in [0.29, 0.717) is 17.4 Å². The molecule has 0 N–H and O–H groups in total. The van der Waals surface area contributed by atoms with Gasteiger partial charge in [-0.1, -0.05) is 34.6 Å². The second-order valence-electron chi connectivity index (χ2n) is 5.76. The smallest absolute Gasteiger partial charge is 0.0598 e. The highest BCUT2D eigenvalue weighted by Crippen LogP contribution is 2.35. The van der Waals surface area contributed by atoms with Crippen molar-refractivity contribution in [2.75, 3.05) is 6.61 Å². The summed E-state index contributed by atoms with van der Waals surface area (Å²) in [6.07, 6.45) is 3.10. The molecule has 1 fully saturated rings. The molecular weight excluding hydrogens is 160 g/mol. The van der Waals surface area contributed by atoms with Crippen molar-refractivity contribution in [2.45, 2.75) is 53.6 Å². The Morgan fingerprint density at radius 3 is 2.08 bits per heavy atom. The molecule has 13 heavy (non-hydrogen) atoms. The third kappa shape index (κ3) is 2.98. The van der Waals surface area contributed by atoms with Gasteiger partial charge in [-0.05, 0) is 30.1 Å². The molecule has 0 aliphatic carbocycles. The summed E-state index contributed by atoms with van der Waals surface area (Å²) in [6, 6.07) is 0. The molecule has 1 heteroatoms. The lowest BCUT2D eigenvalue weighted by molar-refractivity contribution is -0.0649. The van der Waals surface area contributed by atoms with E-state index in [4.69, 9.17) is 4.74 Å². The van der Waals surface area contributed by atoms with Crippen molar-refractivity contribution >= 4 is 0 Å². The average molecular weight is 184 g/mol. The maximum Gasteiger partial charge on any atom is 0.0598 e. The van der Waals surface area contributed by atoms with E-state index in [2.05, 4.69) is 34.6 Å². The largest absolute Gasteiger partial charge is 0.378 e. The Morgan fingerprint density at radius 2 is 1.77 bits per heavy atom. The first-order valence-corrected chi connectivity index (χ1v) is 5.53. The fourth-order valence-electron chi connectivity index (χ4n) is 1.98. The fraction of sp³-hybridized carbons (Fsp3) is 1.00. The molecule has 1 saturated heterocycles. The van der Waals surface area contributed by atoms with E-state index < -0.39 is 0 Å². The molecule has 0 aromatic heterocycles. The highest BCUT2D eigenvalue weighted by molar-refractivity contribution is 4.80. The number of hydrogen-bond acceptors (Lipinski definition) is 1. The Hall–Kier alpha value is -0.0400. The molecule has 1 nitrogen and oxygen atoms in total. The molecule has 0 amide bonds. The summed E-state index contributed by atoms with van der Waals surface area (Å²) in [7, 11) is 0. The second kappa shape index (κ2) is 4.00. The predicted octanol–water partition coefficient (Wildman–Crippen LogP) is 3.48. The monoisotopic (exact) mass is 184 g/mol. The maximum absolute atomic E-state index is 5.88. The van der Waals surface area contributed by atoms with Gasteiger partial charge in [-0.3, -0.25) is 0 Å². The van der Waals surface area contributed by atoms with Gasteiger partial charge in [0.1, 0.15) is 0 Å². The Bertz CT molecular complexity index is 147. The Morgan fingerprint density at radius 1 is 1.15 bits per heavy atom. The van der Waals surface area contributed by atoms with Crippen LogP contribution >= 0.6 is 0 Å². The lowest BCUT2D eigenvalue weighted by Crippen LogP contribution is -2.35. The Labute approximate surface area is 82.9 Å². The summed E-state index contributed by atoms with van der Waals surface area (Å²) >= 11 is 0. The minimum absolute atomic E-state index is 0.419. The normalized spacial score (nSPS) is 30.9. The van der Waals surface area contributed by atoms with Gasteiger partial charge in [-0.15, -0.1) is 0 Å². The molecule has 1 rings (SSSR count). The van der Waals surface area contributed by atoms with Crippen molar-refractivity contribution < 1.29 is 4.74 Å². The van der Waals surface area contributed by atoms with E-state index in [9.17, 15) is 0 Å². The molecule has 0 bridgehead atoms. The van der Waals surface area contributed by atoms with E-state index in [1.807, 2.05) is 0 Å². The Balaban J connectivity index is 2.39. The van der Waals surface area contributed by atoms with Crippen molar-refractivity contribution in [1.82, 2.24) is 0 Å². The molecule has 78 valence electrons. The van der Waals surface area contributed by atoms with Gasteiger partial charge in [0.2, 0.25) is 0 Å². The fourth-order valence-corrected chi connectivity index (χ4v) is 1.98. The van der Waals surface area contributed by atoms with Crippen LogP contribution in [-0.4, -0.2) is 12.7 Å². The maximum atomic E-state index is 5.88. The van der Waals surface area contributed by atoms with Crippen LogP contribution in [0, 0.1) is 17.3 Å². The van der Waals surface area contributed by atoms with Gasteiger partial charge in [0.15, 0.2) is 0 Å². The summed E-state index contributed by atoms with van der Waals surface area (Å²) in [4.78, 5) is 0. The first-order valence-electron chi connectivity index (χ1n) is 5.53. The third-order valence-electron chi connectivity index (χ3n) is 3.28. The summed E-state index contributed by atoms with van der Waals surface area (Å²) in [5.74, 6) is 1.43. The number of hydrogen-bond donors (Lipinski definition) is 0. The van der Waals surface area contributed by atoms with Crippen LogP contribution in [0.15, 0.2) is 0 Å². The van der Waals surface area contributed by atoms with E-state index >= 15 is 0 Å². The standard InChI is InChI=1S/C12H24O/c1-9(2)11-7-6-10(8-13-11)12(3,4)5/h9-11H,6-8H2,1-5H3. The number of rotatable bonds is 1. The Kier molecular flexibility index (Phi) is 3.39. The van der Waals surface area contributed by atoms with E-state index in [0.717, 1.165) is 12.5 Å². The summed E-state index contributed by atoms with van der Waals surface area (Å²) in [6.45, 7) is 12.4. The first kappa shape index (κ1) is 11.0. The van der Waals surface area contributed by atoms with Gasteiger partial charge in [-0.25, -0.2) is 0 Å². The molecule has 0 radical (unpaired) electrons. The average Bonchev–Trinajstić information content (AvgIpc) is 2.03. The SMILES string of the molecule is CC(C)C1CCC(C(C)(C)C)CO1. The highest BCUT2D eigenvalue weighted by Gasteiger charge is 2.31. The molecule has 2 atom stereocenters. The zero-order valence-electron chi connectivity index (χ0n) is 9.76. The van der Waals surface area contributed by atoms with E-state index in [1.54, 1.807) is 0 Å². The van der Waals surface area contributed by atoms with Crippen LogP contribution in [0.25, 0.3) is 0 Å². The van der Waals surface area contributed by atoms with Crippen molar-refractivity contribution in [1.29, 1.82) is 0 Å². The first-order chi connectivity index (χ1) is 5.91. The summed E-state index contributed by atoms with van der Waals surface area (Å²) in [5.41, 5.74) is 0.419. The summed E-state index contributed by atoms with van der Waals surface area (Å²) < 4.78 is 5.88. The predicted molar refractivity (Wildman–Crippen MR) is 56.8 cm³/mol. The zero-order valence-corrected chi connectivity index (χ0v) is 9.76. The van der Waals surface area contributed by atoms with Crippen molar-refractivity contribution in [3.05, 3.63) is 0 Å². The molecular formula is C12H24O. The van der Waals surface area contributed by atoms with Crippen molar-refractivity contribution in [2.24, 2.45) is 17.3 Å². The number of ether oxygens (including phenoxy) is 1. The molecule has 0 aromatic rings. The van der Waals surface area contributed by atoms with Crippen LogP contribution in [-0.2, 0) is 4.74 Å². The topological polar surface area (TPSA) is 9.23 Å². The molecule has 1 aliphatic rings.